The van der Waals surface area contributed by atoms with E-state index < -0.39 is 0 Å². The lowest BCUT2D eigenvalue weighted by atomic mass is 10.0. The summed E-state index contributed by atoms with van der Waals surface area (Å²) in [6, 6.07) is 0. The van der Waals surface area contributed by atoms with E-state index in [9.17, 15) is 0 Å². The van der Waals surface area contributed by atoms with Crippen molar-refractivity contribution >= 4 is 6.21 Å². The summed E-state index contributed by atoms with van der Waals surface area (Å²) in [5.74, 6) is 0. The summed E-state index contributed by atoms with van der Waals surface area (Å²) in [6.45, 7) is 0. The number of nitrogens with zero attached hydrogens (tertiary/aromatic N) is 1. The van der Waals surface area contributed by atoms with Crippen LogP contribution in [0.15, 0.2) is 16.8 Å². The Morgan fingerprint density at radius 1 is 1.21 bits per heavy atom. The molecule has 2 aliphatic carbocycles. The molecule has 0 aromatic carbocycles. The van der Waals surface area contributed by atoms with Gasteiger partial charge in [0.15, 0.2) is 0 Å². The van der Waals surface area contributed by atoms with Crippen LogP contribution in [0.25, 0.3) is 0 Å². The normalized spacial score (nSPS) is 24.1. The van der Waals surface area contributed by atoms with Crippen LogP contribution in [0.4, 0.5) is 0 Å². The Morgan fingerprint density at radius 2 is 2.07 bits per heavy atom. The number of hydrogen-bond acceptors (Lipinski definition) is 2. The van der Waals surface area contributed by atoms with Gasteiger partial charge in [0.05, 0.1) is 6.21 Å². The first-order valence-corrected chi connectivity index (χ1v) is 5.83. The van der Waals surface area contributed by atoms with Crippen LogP contribution in [0.1, 0.15) is 51.4 Å². The van der Waals surface area contributed by atoms with Gasteiger partial charge in [-0.15, -0.1) is 0 Å². The lowest BCUT2D eigenvalue weighted by Gasteiger charge is -2.09. The lowest BCUT2D eigenvalue weighted by molar-refractivity contribution is 0.0656. The molecule has 0 unspecified atom stereocenters. The first kappa shape index (κ1) is 9.75. The number of rotatable bonds is 3. The molecule has 0 heterocycles. The van der Waals surface area contributed by atoms with E-state index in [1.165, 1.54) is 56.9 Å². The van der Waals surface area contributed by atoms with Gasteiger partial charge in [-0.2, -0.15) is 0 Å². The lowest BCUT2D eigenvalue weighted by Crippen LogP contribution is -2.03. The third kappa shape index (κ3) is 2.86. The van der Waals surface area contributed by atoms with Crippen molar-refractivity contribution in [2.45, 2.75) is 57.5 Å². The van der Waals surface area contributed by atoms with Gasteiger partial charge < -0.3 is 4.84 Å². The Kier molecular flexibility index (Phi) is 3.61. The topological polar surface area (TPSA) is 21.6 Å². The first-order valence-electron chi connectivity index (χ1n) is 5.83. The van der Waals surface area contributed by atoms with Crippen molar-refractivity contribution in [1.29, 1.82) is 0 Å². The molecule has 1 fully saturated rings. The molecule has 0 bridgehead atoms. The summed E-state index contributed by atoms with van der Waals surface area (Å²) in [7, 11) is 0. The molecule has 1 saturated carbocycles. The van der Waals surface area contributed by atoms with Crippen molar-refractivity contribution in [3.05, 3.63) is 11.6 Å². The molecule has 0 aromatic heterocycles. The zero-order valence-electron chi connectivity index (χ0n) is 8.74. The van der Waals surface area contributed by atoms with Gasteiger partial charge in [0, 0.05) is 0 Å². The largest absolute Gasteiger partial charge is 0.393 e. The van der Waals surface area contributed by atoms with Crippen molar-refractivity contribution in [3.8, 4) is 0 Å². The van der Waals surface area contributed by atoms with Gasteiger partial charge in [-0.05, 0) is 56.9 Å². The van der Waals surface area contributed by atoms with Crippen LogP contribution in [-0.2, 0) is 4.84 Å². The van der Waals surface area contributed by atoms with E-state index in [1.807, 2.05) is 6.21 Å². The third-order valence-electron chi connectivity index (χ3n) is 3.06. The van der Waals surface area contributed by atoms with Gasteiger partial charge >= 0.3 is 0 Å². The van der Waals surface area contributed by atoms with Crippen molar-refractivity contribution in [2.75, 3.05) is 0 Å². The summed E-state index contributed by atoms with van der Waals surface area (Å²) >= 11 is 0. The standard InChI is InChI=1S/C12H19NO/c1-2-6-11(7-3-1)10-13-14-12-8-4-5-9-12/h6,10,12H,1-5,7-9H2. The van der Waals surface area contributed by atoms with E-state index in [0.29, 0.717) is 6.10 Å². The molecule has 0 saturated heterocycles. The van der Waals surface area contributed by atoms with E-state index in [4.69, 9.17) is 4.84 Å². The Morgan fingerprint density at radius 3 is 2.79 bits per heavy atom. The third-order valence-corrected chi connectivity index (χ3v) is 3.06. The van der Waals surface area contributed by atoms with Crippen LogP contribution in [0, 0.1) is 0 Å². The highest BCUT2D eigenvalue weighted by Gasteiger charge is 2.15. The predicted molar refractivity (Wildman–Crippen MR) is 58.4 cm³/mol. The van der Waals surface area contributed by atoms with E-state index in [1.54, 1.807) is 0 Å². The molecular formula is C12H19NO. The molecule has 78 valence electrons. The Bertz CT molecular complexity index is 226. The number of hydrogen-bond donors (Lipinski definition) is 0. The van der Waals surface area contributed by atoms with Crippen molar-refractivity contribution in [1.82, 2.24) is 0 Å². The highest BCUT2D eigenvalue weighted by molar-refractivity contribution is 5.78. The maximum atomic E-state index is 5.43. The van der Waals surface area contributed by atoms with Gasteiger partial charge in [-0.25, -0.2) is 0 Å². The van der Waals surface area contributed by atoms with Gasteiger partial charge in [-0.3, -0.25) is 0 Å². The maximum Gasteiger partial charge on any atom is 0.127 e. The molecule has 0 spiro atoms. The van der Waals surface area contributed by atoms with Crippen LogP contribution in [-0.4, -0.2) is 12.3 Å². The van der Waals surface area contributed by atoms with Gasteiger partial charge in [0.1, 0.15) is 6.10 Å². The molecule has 0 amide bonds. The summed E-state index contributed by atoms with van der Waals surface area (Å²) in [4.78, 5) is 5.43. The highest BCUT2D eigenvalue weighted by Crippen LogP contribution is 2.21. The molecule has 2 nitrogen and oxygen atoms in total. The molecule has 0 N–H and O–H groups in total. The molecule has 0 aliphatic heterocycles. The van der Waals surface area contributed by atoms with Gasteiger partial charge in [0.2, 0.25) is 0 Å². The number of oxime groups is 1. The minimum absolute atomic E-state index is 0.399. The average Bonchev–Trinajstić information content (AvgIpc) is 2.72. The van der Waals surface area contributed by atoms with Crippen molar-refractivity contribution in [3.63, 3.8) is 0 Å². The molecule has 0 radical (unpaired) electrons. The van der Waals surface area contributed by atoms with Crippen LogP contribution >= 0.6 is 0 Å². The minimum Gasteiger partial charge on any atom is -0.393 e. The van der Waals surface area contributed by atoms with Crippen molar-refractivity contribution < 1.29 is 4.84 Å². The fraction of sp³-hybridized carbons (Fsp3) is 0.750. The monoisotopic (exact) mass is 193 g/mol. The summed E-state index contributed by atoms with van der Waals surface area (Å²) in [5, 5.41) is 4.08. The Hall–Kier alpha value is -0.790. The van der Waals surface area contributed by atoms with Gasteiger partial charge in [0.25, 0.3) is 0 Å². The van der Waals surface area contributed by atoms with E-state index in [-0.39, 0.29) is 0 Å². The fourth-order valence-electron chi connectivity index (χ4n) is 2.16. The zero-order chi connectivity index (χ0) is 9.64. The molecule has 2 heteroatoms. The average molecular weight is 193 g/mol. The summed E-state index contributed by atoms with van der Waals surface area (Å²) in [6.07, 6.45) is 14.6. The Labute approximate surface area is 86.0 Å². The second-order valence-corrected chi connectivity index (χ2v) is 4.27. The zero-order valence-corrected chi connectivity index (χ0v) is 8.74. The van der Waals surface area contributed by atoms with Crippen LogP contribution in [0.2, 0.25) is 0 Å². The summed E-state index contributed by atoms with van der Waals surface area (Å²) in [5.41, 5.74) is 1.36. The molecule has 2 rings (SSSR count). The van der Waals surface area contributed by atoms with Crippen LogP contribution in [0.5, 0.6) is 0 Å². The van der Waals surface area contributed by atoms with Gasteiger partial charge in [-0.1, -0.05) is 11.2 Å². The summed E-state index contributed by atoms with van der Waals surface area (Å²) < 4.78 is 0. The SMILES string of the molecule is C(=NOC1CCCC1)C1=CCCCC1. The van der Waals surface area contributed by atoms with Crippen LogP contribution in [0.3, 0.4) is 0 Å². The molecule has 2 aliphatic rings. The molecule has 0 atom stereocenters. The second kappa shape index (κ2) is 5.18. The molecule has 14 heavy (non-hydrogen) atoms. The fourth-order valence-corrected chi connectivity index (χ4v) is 2.16. The van der Waals surface area contributed by atoms with Crippen LogP contribution < -0.4 is 0 Å². The highest BCUT2D eigenvalue weighted by atomic mass is 16.6. The van der Waals surface area contributed by atoms with E-state index >= 15 is 0 Å². The maximum absolute atomic E-state index is 5.43. The quantitative estimate of drug-likeness (QED) is 0.497. The smallest absolute Gasteiger partial charge is 0.127 e. The number of allylic oxidation sites excluding steroid dienone is 2. The predicted octanol–water partition coefficient (Wildman–Crippen LogP) is 3.43. The molecular weight excluding hydrogens is 174 g/mol. The first-order chi connectivity index (χ1) is 6.95. The Balaban J connectivity index is 1.72. The van der Waals surface area contributed by atoms with E-state index in [0.717, 1.165) is 0 Å². The second-order valence-electron chi connectivity index (χ2n) is 4.27. The van der Waals surface area contributed by atoms with Crippen molar-refractivity contribution in [2.24, 2.45) is 5.16 Å². The van der Waals surface area contributed by atoms with E-state index in [2.05, 4.69) is 11.2 Å². The minimum atomic E-state index is 0.399. The molecule has 0 aromatic rings.